The van der Waals surface area contributed by atoms with Crippen LogP contribution in [0, 0.1) is 18.3 Å². The second-order valence-corrected chi connectivity index (χ2v) is 10.2. The van der Waals surface area contributed by atoms with E-state index in [4.69, 9.17) is 15.2 Å². The Morgan fingerprint density at radius 3 is 2.43 bits per heavy atom. The Labute approximate surface area is 204 Å². The van der Waals surface area contributed by atoms with E-state index in [1.54, 1.807) is 49.6 Å². The number of hydrogen-bond donors (Lipinski definition) is 1. The molecule has 0 radical (unpaired) electrons. The third-order valence-electron chi connectivity index (χ3n) is 6.38. The van der Waals surface area contributed by atoms with Crippen molar-refractivity contribution in [2.24, 2.45) is 5.73 Å². The van der Waals surface area contributed by atoms with Crippen LogP contribution in [0.5, 0.6) is 5.75 Å². The van der Waals surface area contributed by atoms with Gasteiger partial charge in [0.2, 0.25) is 5.88 Å². The lowest BCUT2D eigenvalue weighted by Crippen LogP contribution is -2.39. The predicted molar refractivity (Wildman–Crippen MR) is 133 cm³/mol. The minimum Gasteiger partial charge on any atom is -0.497 e. The van der Waals surface area contributed by atoms with Gasteiger partial charge in [-0.05, 0) is 47.9 Å². The zero-order valence-corrected chi connectivity index (χ0v) is 20.0. The summed E-state index contributed by atoms with van der Waals surface area (Å²) in [5.74, 6) is -0.265. The van der Waals surface area contributed by atoms with Gasteiger partial charge in [-0.15, -0.1) is 0 Å². The van der Waals surface area contributed by atoms with Gasteiger partial charge in [0, 0.05) is 5.56 Å². The largest absolute Gasteiger partial charge is 0.497 e. The van der Waals surface area contributed by atoms with Crippen LogP contribution in [0.2, 0.25) is 0 Å². The molecule has 3 aromatic rings. The maximum Gasteiger partial charge on any atom is 0.265 e. The first-order valence-electron chi connectivity index (χ1n) is 11.0. The number of hydrogen-bond acceptors (Lipinski definition) is 6. The van der Waals surface area contributed by atoms with E-state index < -0.39 is 15.9 Å². The van der Waals surface area contributed by atoms with E-state index in [0.29, 0.717) is 22.6 Å². The lowest BCUT2D eigenvalue weighted by Gasteiger charge is -2.38. The van der Waals surface area contributed by atoms with Crippen LogP contribution in [0.15, 0.2) is 89.2 Å². The number of nitrogens with zero attached hydrogens (tertiary/aromatic N) is 2. The van der Waals surface area contributed by atoms with Crippen molar-refractivity contribution in [3.63, 3.8) is 0 Å². The van der Waals surface area contributed by atoms with E-state index in [1.807, 2.05) is 37.3 Å². The van der Waals surface area contributed by atoms with Crippen molar-refractivity contribution in [1.29, 1.82) is 5.26 Å². The molecule has 2 aliphatic heterocycles. The molecule has 0 fully saturated rings. The van der Waals surface area contributed by atoms with Crippen LogP contribution in [0.25, 0.3) is 5.76 Å². The van der Waals surface area contributed by atoms with Gasteiger partial charge in [0.15, 0.2) is 5.76 Å². The molecule has 2 aliphatic rings. The van der Waals surface area contributed by atoms with E-state index in [9.17, 15) is 13.7 Å². The molecule has 0 bridgehead atoms. The highest BCUT2D eigenvalue weighted by Gasteiger charge is 2.47. The Morgan fingerprint density at radius 2 is 1.74 bits per heavy atom. The third-order valence-corrected chi connectivity index (χ3v) is 8.27. The molecule has 0 aromatic heterocycles. The van der Waals surface area contributed by atoms with Crippen LogP contribution in [-0.2, 0) is 21.3 Å². The van der Waals surface area contributed by atoms with E-state index in [0.717, 1.165) is 11.1 Å². The number of ether oxygens (including phenoxy) is 2. The molecule has 0 aliphatic carbocycles. The summed E-state index contributed by atoms with van der Waals surface area (Å²) >= 11 is 0. The van der Waals surface area contributed by atoms with Gasteiger partial charge < -0.3 is 15.2 Å². The van der Waals surface area contributed by atoms with Gasteiger partial charge in [-0.3, -0.25) is 4.31 Å². The number of fused-ring (bicyclic) bond motifs is 2. The zero-order valence-electron chi connectivity index (χ0n) is 19.2. The summed E-state index contributed by atoms with van der Waals surface area (Å²) in [6.45, 7) is 2.09. The number of methoxy groups -OCH3 is 1. The molecule has 5 rings (SSSR count). The van der Waals surface area contributed by atoms with Crippen molar-refractivity contribution in [3.8, 4) is 11.8 Å². The molecule has 1 atom stereocenters. The number of nitriles is 1. The highest BCUT2D eigenvalue weighted by Crippen LogP contribution is 2.51. The van der Waals surface area contributed by atoms with Gasteiger partial charge in [-0.25, -0.2) is 8.42 Å². The molecule has 176 valence electrons. The van der Waals surface area contributed by atoms with Crippen LogP contribution in [0.4, 0.5) is 5.69 Å². The van der Waals surface area contributed by atoms with Gasteiger partial charge >= 0.3 is 0 Å². The number of aryl methyl sites for hydroxylation is 1. The molecule has 7 nitrogen and oxygen atoms in total. The fourth-order valence-electron chi connectivity index (χ4n) is 4.55. The molecule has 0 spiro atoms. The minimum atomic E-state index is -4.12. The van der Waals surface area contributed by atoms with Gasteiger partial charge in [-0.1, -0.05) is 48.5 Å². The van der Waals surface area contributed by atoms with Gasteiger partial charge in [0.1, 0.15) is 22.3 Å². The Kier molecular flexibility index (Phi) is 5.50. The molecule has 0 saturated carbocycles. The third kappa shape index (κ3) is 3.61. The van der Waals surface area contributed by atoms with Gasteiger partial charge in [-0.2, -0.15) is 5.26 Å². The van der Waals surface area contributed by atoms with Crippen molar-refractivity contribution in [3.05, 3.63) is 111 Å². The Hall–Kier alpha value is -4.22. The van der Waals surface area contributed by atoms with Crippen LogP contribution >= 0.6 is 0 Å². The first-order chi connectivity index (χ1) is 16.9. The topological polar surface area (TPSA) is 106 Å². The lowest BCUT2D eigenvalue weighted by molar-refractivity contribution is 0.357. The van der Waals surface area contributed by atoms with Gasteiger partial charge in [0.25, 0.3) is 10.0 Å². The SMILES string of the molecule is COc1ccc([C@H]2C(C#N)=C(N)OC3=C2S(=O)(=O)N(Cc2ccccc2C)c2ccccc23)cc1. The fraction of sp³-hybridized carbons (Fsp3) is 0.148. The van der Waals surface area contributed by atoms with Crippen LogP contribution in [0.1, 0.15) is 28.2 Å². The molecule has 0 unspecified atom stereocenters. The first kappa shape index (κ1) is 22.6. The maximum atomic E-state index is 14.3. The fourth-order valence-corrected chi connectivity index (χ4v) is 6.45. The summed E-state index contributed by atoms with van der Waals surface area (Å²) in [5.41, 5.74) is 9.77. The van der Waals surface area contributed by atoms with Crippen molar-refractivity contribution in [2.75, 3.05) is 11.4 Å². The molecular weight excluding hydrogens is 462 g/mol. The summed E-state index contributed by atoms with van der Waals surface area (Å²) in [6, 6.07) is 23.8. The van der Waals surface area contributed by atoms with E-state index in [1.165, 1.54) is 4.31 Å². The number of sulfonamides is 1. The number of anilines is 1. The van der Waals surface area contributed by atoms with Crippen molar-refractivity contribution < 1.29 is 17.9 Å². The first-order valence-corrected chi connectivity index (χ1v) is 12.4. The molecule has 2 N–H and O–H groups in total. The van der Waals surface area contributed by atoms with E-state index >= 15 is 0 Å². The zero-order chi connectivity index (χ0) is 24.7. The number of rotatable bonds is 4. The van der Waals surface area contributed by atoms with Crippen molar-refractivity contribution >= 4 is 21.5 Å². The van der Waals surface area contributed by atoms with Gasteiger partial charge in [0.05, 0.1) is 25.3 Å². The quantitative estimate of drug-likeness (QED) is 0.582. The lowest BCUT2D eigenvalue weighted by atomic mass is 9.88. The molecular formula is C27H23N3O4S. The number of nitrogens with two attached hydrogens (primary N) is 1. The van der Waals surface area contributed by atoms with Crippen LogP contribution in [-0.4, -0.2) is 15.5 Å². The standard InChI is InChI=1S/C27H23N3O4S/c1-17-7-3-4-8-19(17)16-30-23-10-6-5-9-21(23)25-26(35(30,31)32)24(22(15-28)27(29)34-25)18-11-13-20(33-2)14-12-18/h3-14,24H,16,29H2,1-2H3/t24-/m0/s1. The number of para-hydroxylation sites is 1. The smallest absolute Gasteiger partial charge is 0.265 e. The van der Waals surface area contributed by atoms with Crippen LogP contribution < -0.4 is 14.8 Å². The number of benzene rings is 3. The molecule has 0 amide bonds. The Bertz CT molecular complexity index is 1530. The highest BCUT2D eigenvalue weighted by atomic mass is 32.2. The van der Waals surface area contributed by atoms with Crippen molar-refractivity contribution in [2.45, 2.75) is 19.4 Å². The average Bonchev–Trinajstić information content (AvgIpc) is 2.87. The monoisotopic (exact) mass is 485 g/mol. The molecule has 3 aromatic carbocycles. The Morgan fingerprint density at radius 1 is 1.06 bits per heavy atom. The molecule has 35 heavy (non-hydrogen) atoms. The molecule has 0 saturated heterocycles. The van der Waals surface area contributed by atoms with Crippen molar-refractivity contribution in [1.82, 2.24) is 0 Å². The van der Waals surface area contributed by atoms with Crippen LogP contribution in [0.3, 0.4) is 0 Å². The summed E-state index contributed by atoms with van der Waals surface area (Å²) in [6.07, 6.45) is 0. The predicted octanol–water partition coefficient (Wildman–Crippen LogP) is 4.53. The normalized spacial score (nSPS) is 18.3. The second kappa shape index (κ2) is 8.53. The summed E-state index contributed by atoms with van der Waals surface area (Å²) in [4.78, 5) is 0.000649. The second-order valence-electron chi connectivity index (χ2n) is 8.35. The summed E-state index contributed by atoms with van der Waals surface area (Å²) < 4.78 is 41.1. The summed E-state index contributed by atoms with van der Waals surface area (Å²) in [7, 11) is -2.57. The number of allylic oxidation sites excluding steroid dienone is 2. The minimum absolute atomic E-state index is 0.000649. The maximum absolute atomic E-state index is 14.3. The van der Waals surface area contributed by atoms with E-state index in [-0.39, 0.29) is 28.7 Å². The molecule has 2 heterocycles. The Balaban J connectivity index is 1.75. The molecule has 8 heteroatoms. The van der Waals surface area contributed by atoms with E-state index in [2.05, 4.69) is 6.07 Å². The average molecular weight is 486 g/mol. The summed E-state index contributed by atoms with van der Waals surface area (Å²) in [5, 5.41) is 9.96. The highest BCUT2D eigenvalue weighted by molar-refractivity contribution is 7.96.